The summed E-state index contributed by atoms with van der Waals surface area (Å²) in [5.41, 5.74) is 4.08. The first kappa shape index (κ1) is 34.2. The van der Waals surface area contributed by atoms with Gasteiger partial charge in [0.15, 0.2) is 0 Å². The lowest BCUT2D eigenvalue weighted by Crippen LogP contribution is -2.48. The van der Waals surface area contributed by atoms with E-state index in [1.807, 2.05) is 24.0 Å². The smallest absolute Gasteiger partial charge is 0.254 e. The van der Waals surface area contributed by atoms with Crippen LogP contribution in [-0.2, 0) is 19.4 Å². The van der Waals surface area contributed by atoms with Crippen molar-refractivity contribution >= 4 is 24.2 Å². The molecule has 0 saturated carbocycles. The van der Waals surface area contributed by atoms with E-state index < -0.39 is 29.7 Å². The topological polar surface area (TPSA) is 81.7 Å². The van der Waals surface area contributed by atoms with Gasteiger partial charge in [0.1, 0.15) is 11.6 Å². The van der Waals surface area contributed by atoms with Gasteiger partial charge in [-0.05, 0) is 91.6 Å². The lowest BCUT2D eigenvalue weighted by Gasteiger charge is -2.26. The summed E-state index contributed by atoms with van der Waals surface area (Å²) in [6, 6.07) is 15.7. The largest absolute Gasteiger partial charge is 0.390 e. The molecule has 0 bridgehead atoms. The van der Waals surface area contributed by atoms with Crippen LogP contribution in [0.5, 0.6) is 0 Å². The average molecular weight is 614 g/mol. The van der Waals surface area contributed by atoms with Gasteiger partial charge >= 0.3 is 0 Å². The van der Waals surface area contributed by atoms with Crippen molar-refractivity contribution in [1.29, 1.82) is 0 Å². The van der Waals surface area contributed by atoms with Gasteiger partial charge in [0.2, 0.25) is 0 Å². The third kappa shape index (κ3) is 9.33. The molecule has 0 radical (unpaired) electrons. The monoisotopic (exact) mass is 613 g/mol. The average Bonchev–Trinajstić information content (AvgIpc) is 3.44. The molecule has 43 heavy (non-hydrogen) atoms. The molecular weight excluding hydrogens is 572 g/mol. The highest BCUT2D eigenvalue weighted by molar-refractivity contribution is 6.00. The van der Waals surface area contributed by atoms with Crippen molar-refractivity contribution in [3.8, 4) is 0 Å². The second-order valence-electron chi connectivity index (χ2n) is 11.2. The Morgan fingerprint density at radius 3 is 2.37 bits per heavy atom. The molecule has 4 rings (SSSR count). The van der Waals surface area contributed by atoms with Crippen LogP contribution >= 0.6 is 12.4 Å². The molecule has 1 aliphatic rings. The highest BCUT2D eigenvalue weighted by Crippen LogP contribution is 2.23. The summed E-state index contributed by atoms with van der Waals surface area (Å²) in [6.07, 6.45) is 2.68. The quantitative estimate of drug-likeness (QED) is 0.243. The molecule has 0 spiro atoms. The number of nitrogens with zero attached hydrogens (tertiary/aromatic N) is 1. The standard InChI is InChI=1S/C34H41F2N3O3.ClH/c1-4-23-8-6-9-24(14-23)20-37-21-32(40)31(17-25-15-28(35)19-29(36)16-25)38-33(41)26-12-22(3)13-27(18-26)34(42)39-11-7-10-30(39)5-2;/h6,8-9,12-16,18-19,30-32,37,40H,4-5,7,10-11,17,20-21H2,1-3H3,(H,38,41);1H/t30-,31-,32-;/m0./s1. The lowest BCUT2D eigenvalue weighted by atomic mass is 9.99. The number of carbonyl (C=O) groups excluding carboxylic acids is 2. The Balaban J connectivity index is 0.00000506. The van der Waals surface area contributed by atoms with Gasteiger partial charge in [0.25, 0.3) is 11.8 Å². The van der Waals surface area contributed by atoms with Gasteiger partial charge < -0.3 is 20.6 Å². The Labute approximate surface area is 259 Å². The van der Waals surface area contributed by atoms with Crippen LogP contribution in [0.1, 0.15) is 76.1 Å². The van der Waals surface area contributed by atoms with E-state index in [1.54, 1.807) is 18.2 Å². The molecule has 0 unspecified atom stereocenters. The van der Waals surface area contributed by atoms with Crippen LogP contribution in [0.15, 0.2) is 60.7 Å². The van der Waals surface area contributed by atoms with E-state index in [0.29, 0.717) is 24.2 Å². The van der Waals surface area contributed by atoms with Crippen LogP contribution < -0.4 is 10.6 Å². The second kappa shape index (κ2) is 15.9. The number of likely N-dealkylation sites (tertiary alicyclic amines) is 1. The number of amides is 2. The van der Waals surface area contributed by atoms with Crippen molar-refractivity contribution in [2.24, 2.45) is 0 Å². The maximum Gasteiger partial charge on any atom is 0.254 e. The van der Waals surface area contributed by atoms with Crippen LogP contribution in [0.2, 0.25) is 0 Å². The SMILES string of the molecule is CCc1cccc(CNC[C@H](O)[C@H](Cc2cc(F)cc(F)c2)NC(=O)c2cc(C)cc(C(=O)N3CCC[C@@H]3CC)c2)c1.Cl. The molecule has 1 heterocycles. The molecule has 3 atom stereocenters. The summed E-state index contributed by atoms with van der Waals surface area (Å²) in [4.78, 5) is 28.7. The number of benzene rings is 3. The minimum atomic E-state index is -1.06. The first-order chi connectivity index (χ1) is 20.2. The number of hydrogen-bond acceptors (Lipinski definition) is 4. The van der Waals surface area contributed by atoms with E-state index in [2.05, 4.69) is 36.6 Å². The number of hydrogen-bond donors (Lipinski definition) is 3. The summed E-state index contributed by atoms with van der Waals surface area (Å²) < 4.78 is 27.9. The van der Waals surface area contributed by atoms with Gasteiger partial charge in [0.05, 0.1) is 12.1 Å². The summed E-state index contributed by atoms with van der Waals surface area (Å²) in [5.74, 6) is -2.03. The van der Waals surface area contributed by atoms with Crippen LogP contribution in [0, 0.1) is 18.6 Å². The molecule has 1 fully saturated rings. The van der Waals surface area contributed by atoms with Gasteiger partial charge in [0, 0.05) is 42.9 Å². The van der Waals surface area contributed by atoms with Crippen molar-refractivity contribution < 1.29 is 23.5 Å². The maximum absolute atomic E-state index is 14.0. The van der Waals surface area contributed by atoms with E-state index in [4.69, 9.17) is 0 Å². The van der Waals surface area contributed by atoms with Gasteiger partial charge in [-0.3, -0.25) is 9.59 Å². The molecule has 232 valence electrons. The second-order valence-corrected chi connectivity index (χ2v) is 11.2. The molecule has 3 aromatic rings. The Morgan fingerprint density at radius 2 is 1.67 bits per heavy atom. The molecular formula is C34H42ClF2N3O3. The van der Waals surface area contributed by atoms with Crippen LogP contribution in [0.3, 0.4) is 0 Å². The van der Waals surface area contributed by atoms with Crippen molar-refractivity contribution in [2.45, 2.75) is 77.6 Å². The molecule has 1 saturated heterocycles. The zero-order chi connectivity index (χ0) is 30.2. The summed E-state index contributed by atoms with van der Waals surface area (Å²) in [5, 5.41) is 17.3. The van der Waals surface area contributed by atoms with Gasteiger partial charge in [-0.2, -0.15) is 0 Å². The van der Waals surface area contributed by atoms with Crippen molar-refractivity contribution in [3.05, 3.63) is 106 Å². The zero-order valence-corrected chi connectivity index (χ0v) is 25.9. The zero-order valence-electron chi connectivity index (χ0n) is 25.0. The van der Waals surface area contributed by atoms with Crippen molar-refractivity contribution in [2.75, 3.05) is 13.1 Å². The number of carbonyl (C=O) groups is 2. The van der Waals surface area contributed by atoms with E-state index in [1.165, 1.54) is 17.7 Å². The lowest BCUT2D eigenvalue weighted by molar-refractivity contribution is 0.0733. The third-order valence-electron chi connectivity index (χ3n) is 7.94. The number of aryl methyl sites for hydroxylation is 2. The van der Waals surface area contributed by atoms with E-state index in [-0.39, 0.29) is 42.9 Å². The number of aliphatic hydroxyl groups is 1. The van der Waals surface area contributed by atoms with Crippen molar-refractivity contribution in [3.63, 3.8) is 0 Å². The Morgan fingerprint density at radius 1 is 0.977 bits per heavy atom. The molecule has 0 aromatic heterocycles. The van der Waals surface area contributed by atoms with Gasteiger partial charge in [-0.25, -0.2) is 8.78 Å². The third-order valence-corrected chi connectivity index (χ3v) is 7.94. The maximum atomic E-state index is 14.0. The first-order valence-electron chi connectivity index (χ1n) is 14.8. The molecule has 3 N–H and O–H groups in total. The molecule has 2 amide bonds. The fourth-order valence-electron chi connectivity index (χ4n) is 5.71. The summed E-state index contributed by atoms with van der Waals surface area (Å²) in [7, 11) is 0. The predicted octanol–water partition coefficient (Wildman–Crippen LogP) is 5.76. The molecule has 3 aromatic carbocycles. The van der Waals surface area contributed by atoms with Crippen molar-refractivity contribution in [1.82, 2.24) is 15.5 Å². The minimum absolute atomic E-state index is 0. The predicted molar refractivity (Wildman–Crippen MR) is 168 cm³/mol. The minimum Gasteiger partial charge on any atom is -0.390 e. The number of halogens is 3. The number of nitrogens with one attached hydrogen (secondary N) is 2. The van der Waals surface area contributed by atoms with Crippen LogP contribution in [0.4, 0.5) is 8.78 Å². The normalized spacial score (nSPS) is 16.0. The summed E-state index contributed by atoms with van der Waals surface area (Å²) in [6.45, 7) is 7.33. The molecule has 6 nitrogen and oxygen atoms in total. The molecule has 9 heteroatoms. The summed E-state index contributed by atoms with van der Waals surface area (Å²) >= 11 is 0. The van der Waals surface area contributed by atoms with E-state index in [9.17, 15) is 23.5 Å². The Kier molecular flexibility index (Phi) is 12.7. The number of rotatable bonds is 12. The van der Waals surface area contributed by atoms with Gasteiger partial charge in [-0.15, -0.1) is 12.4 Å². The van der Waals surface area contributed by atoms with Crippen LogP contribution in [0.25, 0.3) is 0 Å². The Hall–Kier alpha value is -3.33. The fraction of sp³-hybridized carbons (Fsp3) is 0.412. The Bertz CT molecular complexity index is 1380. The molecule has 1 aliphatic heterocycles. The highest BCUT2D eigenvalue weighted by atomic mass is 35.5. The number of aliphatic hydroxyl groups excluding tert-OH is 1. The van der Waals surface area contributed by atoms with E-state index in [0.717, 1.165) is 42.9 Å². The molecule has 0 aliphatic carbocycles. The van der Waals surface area contributed by atoms with Gasteiger partial charge in [-0.1, -0.05) is 38.1 Å². The fourth-order valence-corrected chi connectivity index (χ4v) is 5.71. The van der Waals surface area contributed by atoms with E-state index >= 15 is 0 Å². The van der Waals surface area contributed by atoms with Crippen LogP contribution in [-0.4, -0.2) is 53.1 Å². The first-order valence-corrected chi connectivity index (χ1v) is 14.8. The highest BCUT2D eigenvalue weighted by Gasteiger charge is 2.29.